The molecule has 0 aromatic carbocycles. The fourth-order valence-electron chi connectivity index (χ4n) is 3.67. The van der Waals surface area contributed by atoms with Crippen LogP contribution in [0.2, 0.25) is 0 Å². The van der Waals surface area contributed by atoms with Crippen LogP contribution in [0.5, 0.6) is 0 Å². The lowest BCUT2D eigenvalue weighted by molar-refractivity contribution is 0.0751. The van der Waals surface area contributed by atoms with E-state index in [-0.39, 0.29) is 5.91 Å². The summed E-state index contributed by atoms with van der Waals surface area (Å²) < 4.78 is 0. The molecule has 27 heavy (non-hydrogen) atoms. The predicted molar refractivity (Wildman–Crippen MR) is 108 cm³/mol. The van der Waals surface area contributed by atoms with Gasteiger partial charge in [-0.05, 0) is 53.9 Å². The van der Waals surface area contributed by atoms with Gasteiger partial charge in [0.1, 0.15) is 0 Å². The number of aromatic nitrogens is 1. The highest BCUT2D eigenvalue weighted by Crippen LogP contribution is 2.40. The maximum absolute atomic E-state index is 13.2. The Labute approximate surface area is 165 Å². The third-order valence-electron chi connectivity index (χ3n) is 5.40. The van der Waals surface area contributed by atoms with Crippen LogP contribution in [0.15, 0.2) is 30.6 Å². The summed E-state index contributed by atoms with van der Waals surface area (Å²) in [5, 5.41) is 8.97. The van der Waals surface area contributed by atoms with Crippen molar-refractivity contribution in [2.45, 2.75) is 53.0 Å². The van der Waals surface area contributed by atoms with Gasteiger partial charge in [0.05, 0.1) is 17.4 Å². The lowest BCUT2D eigenvalue weighted by Gasteiger charge is -2.33. The van der Waals surface area contributed by atoms with Crippen molar-refractivity contribution in [2.75, 3.05) is 6.54 Å². The second-order valence-corrected chi connectivity index (χ2v) is 9.50. The summed E-state index contributed by atoms with van der Waals surface area (Å²) in [6, 6.07) is 8.09. The number of rotatable bonds is 5. The van der Waals surface area contributed by atoms with E-state index in [0.29, 0.717) is 30.8 Å². The highest BCUT2D eigenvalue weighted by Gasteiger charge is 2.31. The third-order valence-corrected chi connectivity index (χ3v) is 6.62. The van der Waals surface area contributed by atoms with E-state index >= 15 is 0 Å². The number of fused-ring (bicyclic) bond motifs is 1. The number of thiophene rings is 1. The van der Waals surface area contributed by atoms with Gasteiger partial charge in [-0.2, -0.15) is 5.26 Å². The molecule has 0 spiro atoms. The molecule has 1 atom stereocenters. The smallest absolute Gasteiger partial charge is 0.264 e. The van der Waals surface area contributed by atoms with Crippen LogP contribution in [0.4, 0.5) is 0 Å². The molecule has 2 aromatic heterocycles. The summed E-state index contributed by atoms with van der Waals surface area (Å²) in [4.78, 5) is 21.2. The molecule has 1 unspecified atom stereocenters. The SMILES string of the molecule is CC(C)(C)C1CCc2sc(C(=O)N(CCC#N)Cc3cccnc3)cc2C1. The molecule has 1 aliphatic carbocycles. The number of pyridine rings is 1. The van der Waals surface area contributed by atoms with Crippen LogP contribution in [0.3, 0.4) is 0 Å². The largest absolute Gasteiger partial charge is 0.333 e. The van der Waals surface area contributed by atoms with Crippen molar-refractivity contribution in [1.29, 1.82) is 5.26 Å². The second kappa shape index (κ2) is 8.22. The van der Waals surface area contributed by atoms with Crippen molar-refractivity contribution in [2.24, 2.45) is 11.3 Å². The minimum absolute atomic E-state index is 0.0285. The van der Waals surface area contributed by atoms with Crippen molar-refractivity contribution >= 4 is 17.2 Å². The van der Waals surface area contributed by atoms with Crippen LogP contribution >= 0.6 is 11.3 Å². The molecule has 1 aliphatic rings. The van der Waals surface area contributed by atoms with E-state index in [1.54, 1.807) is 28.6 Å². The first-order chi connectivity index (χ1) is 12.9. The van der Waals surface area contributed by atoms with Crippen LogP contribution in [0.25, 0.3) is 0 Å². The van der Waals surface area contributed by atoms with Crippen molar-refractivity contribution in [3.63, 3.8) is 0 Å². The standard InChI is InChI=1S/C22H27N3OS/c1-22(2,3)18-7-8-19-17(12-18)13-20(27-19)21(26)25(11-5-9-23)15-16-6-4-10-24-14-16/h4,6,10,13-14,18H,5,7-8,11-12,15H2,1-3H3. The second-order valence-electron chi connectivity index (χ2n) is 8.36. The number of aryl methyl sites for hydroxylation is 1. The maximum atomic E-state index is 13.2. The third kappa shape index (κ3) is 4.75. The molecule has 5 heteroatoms. The zero-order chi connectivity index (χ0) is 19.4. The van der Waals surface area contributed by atoms with Crippen LogP contribution in [0, 0.1) is 22.7 Å². The van der Waals surface area contributed by atoms with Crippen molar-refractivity contribution < 1.29 is 4.79 Å². The van der Waals surface area contributed by atoms with Crippen molar-refractivity contribution in [3.05, 3.63) is 51.5 Å². The summed E-state index contributed by atoms with van der Waals surface area (Å²) in [6.45, 7) is 7.84. The normalized spacial score (nSPS) is 16.4. The Kier molecular flexibility index (Phi) is 5.96. The maximum Gasteiger partial charge on any atom is 0.264 e. The molecule has 4 nitrogen and oxygen atoms in total. The van der Waals surface area contributed by atoms with Gasteiger partial charge < -0.3 is 4.90 Å². The van der Waals surface area contributed by atoms with Gasteiger partial charge in [-0.3, -0.25) is 9.78 Å². The summed E-state index contributed by atoms with van der Waals surface area (Å²) in [5.41, 5.74) is 2.62. The molecule has 0 radical (unpaired) electrons. The lowest BCUT2D eigenvalue weighted by Crippen LogP contribution is -2.31. The summed E-state index contributed by atoms with van der Waals surface area (Å²) >= 11 is 1.64. The molecule has 0 fully saturated rings. The first-order valence-electron chi connectivity index (χ1n) is 9.55. The highest BCUT2D eigenvalue weighted by molar-refractivity contribution is 7.14. The zero-order valence-electron chi connectivity index (χ0n) is 16.4. The molecule has 2 heterocycles. The van der Waals surface area contributed by atoms with Gasteiger partial charge in [0.2, 0.25) is 0 Å². The number of carbonyl (C=O) groups excluding carboxylic acids is 1. The molecule has 142 valence electrons. The number of hydrogen-bond acceptors (Lipinski definition) is 4. The van der Waals surface area contributed by atoms with Crippen LogP contribution in [0.1, 0.15) is 59.3 Å². The Bertz CT molecular complexity index is 829. The van der Waals surface area contributed by atoms with Crippen LogP contribution in [-0.2, 0) is 19.4 Å². The van der Waals surface area contributed by atoms with E-state index in [4.69, 9.17) is 5.26 Å². The Morgan fingerprint density at radius 3 is 2.93 bits per heavy atom. The molecule has 0 N–H and O–H groups in total. The topological polar surface area (TPSA) is 57.0 Å². The van der Waals surface area contributed by atoms with Crippen molar-refractivity contribution in [3.8, 4) is 6.07 Å². The van der Waals surface area contributed by atoms with Crippen LogP contribution in [-0.4, -0.2) is 22.3 Å². The van der Waals surface area contributed by atoms with E-state index in [1.807, 2.05) is 12.1 Å². The monoisotopic (exact) mass is 381 g/mol. The minimum Gasteiger partial charge on any atom is -0.333 e. The summed E-state index contributed by atoms with van der Waals surface area (Å²) in [6.07, 6.45) is 7.16. The molecule has 0 saturated carbocycles. The molecular weight excluding hydrogens is 354 g/mol. The Morgan fingerprint density at radius 2 is 2.26 bits per heavy atom. The fraction of sp³-hybridized carbons (Fsp3) is 0.500. The molecule has 0 bridgehead atoms. The number of nitrogens with zero attached hydrogens (tertiary/aromatic N) is 3. The van der Waals surface area contributed by atoms with Gasteiger partial charge >= 0.3 is 0 Å². The fourth-order valence-corrected chi connectivity index (χ4v) is 4.85. The molecule has 1 amide bonds. The van der Waals surface area contributed by atoms with Gasteiger partial charge in [0, 0.05) is 30.4 Å². The van der Waals surface area contributed by atoms with E-state index in [0.717, 1.165) is 23.3 Å². The number of carbonyl (C=O) groups is 1. The Morgan fingerprint density at radius 1 is 1.44 bits per heavy atom. The van der Waals surface area contributed by atoms with Gasteiger partial charge in [-0.25, -0.2) is 0 Å². The molecule has 0 saturated heterocycles. The van der Waals surface area contributed by atoms with Gasteiger partial charge in [-0.1, -0.05) is 26.8 Å². The minimum atomic E-state index is 0.0285. The Hall–Kier alpha value is -2.19. The van der Waals surface area contributed by atoms with E-state index in [2.05, 4.69) is 37.9 Å². The first kappa shape index (κ1) is 19.6. The number of amides is 1. The first-order valence-corrected chi connectivity index (χ1v) is 10.4. The average molecular weight is 382 g/mol. The van der Waals surface area contributed by atoms with E-state index < -0.39 is 0 Å². The lowest BCUT2D eigenvalue weighted by atomic mass is 9.72. The number of hydrogen-bond donors (Lipinski definition) is 0. The molecule has 0 aliphatic heterocycles. The van der Waals surface area contributed by atoms with E-state index in [9.17, 15) is 4.79 Å². The van der Waals surface area contributed by atoms with E-state index in [1.165, 1.54) is 16.9 Å². The van der Waals surface area contributed by atoms with Gasteiger partial charge in [0.25, 0.3) is 5.91 Å². The zero-order valence-corrected chi connectivity index (χ0v) is 17.2. The highest BCUT2D eigenvalue weighted by atomic mass is 32.1. The molecular formula is C22H27N3OS. The summed E-state index contributed by atoms with van der Waals surface area (Å²) in [7, 11) is 0. The molecule has 3 rings (SSSR count). The average Bonchev–Trinajstić information content (AvgIpc) is 3.08. The van der Waals surface area contributed by atoms with Gasteiger partial charge in [0.15, 0.2) is 0 Å². The Balaban J connectivity index is 1.78. The molecule has 2 aromatic rings. The van der Waals surface area contributed by atoms with Crippen molar-refractivity contribution in [1.82, 2.24) is 9.88 Å². The summed E-state index contributed by atoms with van der Waals surface area (Å²) in [5.74, 6) is 0.688. The van der Waals surface area contributed by atoms with Gasteiger partial charge in [-0.15, -0.1) is 11.3 Å². The number of nitriles is 1. The quantitative estimate of drug-likeness (QED) is 0.744. The van der Waals surface area contributed by atoms with Crippen LogP contribution < -0.4 is 0 Å². The predicted octanol–water partition coefficient (Wildman–Crippen LogP) is 4.85.